The summed E-state index contributed by atoms with van der Waals surface area (Å²) >= 11 is 0. The lowest BCUT2D eigenvalue weighted by molar-refractivity contribution is 0.0950. The summed E-state index contributed by atoms with van der Waals surface area (Å²) in [6.07, 6.45) is 2.35. The van der Waals surface area contributed by atoms with Crippen LogP contribution in [0.15, 0.2) is 24.3 Å². The van der Waals surface area contributed by atoms with E-state index in [0.717, 1.165) is 18.5 Å². The molecule has 1 atom stereocenters. The van der Waals surface area contributed by atoms with E-state index in [2.05, 4.69) is 10.6 Å². The maximum atomic E-state index is 11.9. The molecule has 0 saturated carbocycles. The average Bonchev–Trinajstić information content (AvgIpc) is 2.90. The fraction of sp³-hybridized carbons (Fsp3) is 0.500. The van der Waals surface area contributed by atoms with Gasteiger partial charge in [-0.15, -0.1) is 0 Å². The number of amides is 1. The topological polar surface area (TPSA) is 50.4 Å². The van der Waals surface area contributed by atoms with Crippen molar-refractivity contribution in [2.24, 2.45) is 0 Å². The van der Waals surface area contributed by atoms with Crippen molar-refractivity contribution >= 4 is 5.91 Å². The fourth-order valence-electron chi connectivity index (χ4n) is 2.17. The number of nitrogens with one attached hydrogen (secondary N) is 2. The van der Waals surface area contributed by atoms with Crippen LogP contribution in [0.2, 0.25) is 0 Å². The largest absolute Gasteiger partial charge is 0.380 e. The highest BCUT2D eigenvalue weighted by Crippen LogP contribution is 2.07. The number of methoxy groups -OCH3 is 1. The van der Waals surface area contributed by atoms with Crippen LogP contribution in [0.25, 0.3) is 0 Å². The molecule has 1 amide bonds. The van der Waals surface area contributed by atoms with E-state index in [0.29, 0.717) is 24.8 Å². The van der Waals surface area contributed by atoms with E-state index in [1.807, 2.05) is 24.3 Å². The van der Waals surface area contributed by atoms with Gasteiger partial charge in [-0.3, -0.25) is 4.79 Å². The first-order valence-corrected chi connectivity index (χ1v) is 6.39. The molecule has 1 fully saturated rings. The Bertz CT molecular complexity index is 383. The van der Waals surface area contributed by atoms with Crippen molar-refractivity contribution in [2.45, 2.75) is 25.5 Å². The van der Waals surface area contributed by atoms with Crippen LogP contribution in [0.3, 0.4) is 0 Å². The zero-order valence-electron chi connectivity index (χ0n) is 10.7. The number of hydrogen-bond acceptors (Lipinski definition) is 3. The highest BCUT2D eigenvalue weighted by molar-refractivity contribution is 5.94. The molecule has 4 nitrogen and oxygen atoms in total. The maximum Gasteiger partial charge on any atom is 0.251 e. The van der Waals surface area contributed by atoms with Crippen molar-refractivity contribution in [1.82, 2.24) is 10.6 Å². The van der Waals surface area contributed by atoms with Crippen molar-refractivity contribution < 1.29 is 9.53 Å². The van der Waals surface area contributed by atoms with E-state index < -0.39 is 0 Å². The van der Waals surface area contributed by atoms with Crippen molar-refractivity contribution in [2.75, 3.05) is 20.2 Å². The molecule has 2 rings (SSSR count). The van der Waals surface area contributed by atoms with Crippen LogP contribution < -0.4 is 10.6 Å². The van der Waals surface area contributed by atoms with Gasteiger partial charge in [-0.2, -0.15) is 0 Å². The normalized spacial score (nSPS) is 18.8. The van der Waals surface area contributed by atoms with Crippen molar-refractivity contribution in [3.8, 4) is 0 Å². The Kier molecular flexibility index (Phi) is 4.73. The van der Waals surface area contributed by atoms with E-state index in [-0.39, 0.29) is 5.91 Å². The Hall–Kier alpha value is -1.39. The summed E-state index contributed by atoms with van der Waals surface area (Å²) in [6, 6.07) is 7.96. The van der Waals surface area contributed by atoms with Crippen LogP contribution >= 0.6 is 0 Å². The Morgan fingerprint density at radius 1 is 1.44 bits per heavy atom. The van der Waals surface area contributed by atoms with Crippen molar-refractivity contribution in [3.63, 3.8) is 0 Å². The molecular formula is C14H20N2O2. The van der Waals surface area contributed by atoms with Gasteiger partial charge in [-0.05, 0) is 37.1 Å². The molecule has 0 radical (unpaired) electrons. The first-order chi connectivity index (χ1) is 8.79. The number of carbonyl (C=O) groups is 1. The number of benzene rings is 1. The van der Waals surface area contributed by atoms with Gasteiger partial charge >= 0.3 is 0 Å². The minimum absolute atomic E-state index is 0.00679. The molecule has 0 aromatic heterocycles. The van der Waals surface area contributed by atoms with Gasteiger partial charge in [0.2, 0.25) is 0 Å². The van der Waals surface area contributed by atoms with Gasteiger partial charge in [0.25, 0.3) is 5.91 Å². The lowest BCUT2D eigenvalue weighted by Gasteiger charge is -2.11. The summed E-state index contributed by atoms with van der Waals surface area (Å²) in [5, 5.41) is 6.32. The van der Waals surface area contributed by atoms with Crippen LogP contribution in [-0.2, 0) is 11.3 Å². The van der Waals surface area contributed by atoms with Crippen LogP contribution in [-0.4, -0.2) is 32.1 Å². The van der Waals surface area contributed by atoms with E-state index in [1.165, 1.54) is 6.42 Å². The SMILES string of the molecule is COCc1ccc(C(=O)NCC2CCCN2)cc1. The highest BCUT2D eigenvalue weighted by atomic mass is 16.5. The maximum absolute atomic E-state index is 11.9. The number of ether oxygens (including phenoxy) is 1. The summed E-state index contributed by atoms with van der Waals surface area (Å²) in [5.41, 5.74) is 1.78. The highest BCUT2D eigenvalue weighted by Gasteiger charge is 2.15. The Labute approximate surface area is 108 Å². The molecule has 2 N–H and O–H groups in total. The van der Waals surface area contributed by atoms with Crippen LogP contribution in [0.5, 0.6) is 0 Å². The van der Waals surface area contributed by atoms with Gasteiger partial charge in [0.1, 0.15) is 0 Å². The van der Waals surface area contributed by atoms with Crippen LogP contribution in [0.1, 0.15) is 28.8 Å². The van der Waals surface area contributed by atoms with Gasteiger partial charge in [-0.1, -0.05) is 12.1 Å². The molecule has 1 aliphatic rings. The molecule has 0 spiro atoms. The Balaban J connectivity index is 1.83. The second-order valence-electron chi connectivity index (χ2n) is 4.63. The van der Waals surface area contributed by atoms with E-state index in [4.69, 9.17) is 4.74 Å². The summed E-state index contributed by atoms with van der Waals surface area (Å²) in [4.78, 5) is 11.9. The first-order valence-electron chi connectivity index (χ1n) is 6.39. The molecular weight excluding hydrogens is 228 g/mol. The zero-order chi connectivity index (χ0) is 12.8. The third kappa shape index (κ3) is 3.55. The van der Waals surface area contributed by atoms with E-state index in [9.17, 15) is 4.79 Å². The molecule has 1 aromatic rings. The van der Waals surface area contributed by atoms with Crippen molar-refractivity contribution in [3.05, 3.63) is 35.4 Å². The zero-order valence-corrected chi connectivity index (χ0v) is 10.7. The fourth-order valence-corrected chi connectivity index (χ4v) is 2.17. The Morgan fingerprint density at radius 2 is 2.22 bits per heavy atom. The van der Waals surface area contributed by atoms with Crippen LogP contribution in [0, 0.1) is 0 Å². The lowest BCUT2D eigenvalue weighted by Crippen LogP contribution is -2.37. The van der Waals surface area contributed by atoms with Gasteiger partial charge in [-0.25, -0.2) is 0 Å². The lowest BCUT2D eigenvalue weighted by atomic mass is 10.1. The molecule has 1 saturated heterocycles. The number of carbonyl (C=O) groups excluding carboxylic acids is 1. The van der Waals surface area contributed by atoms with Gasteiger partial charge in [0, 0.05) is 25.3 Å². The second kappa shape index (κ2) is 6.52. The molecule has 98 valence electrons. The molecule has 0 bridgehead atoms. The Morgan fingerprint density at radius 3 is 2.83 bits per heavy atom. The van der Waals surface area contributed by atoms with E-state index >= 15 is 0 Å². The van der Waals surface area contributed by atoms with Gasteiger partial charge in [0.05, 0.1) is 6.61 Å². The van der Waals surface area contributed by atoms with Crippen molar-refractivity contribution in [1.29, 1.82) is 0 Å². The third-order valence-electron chi connectivity index (χ3n) is 3.20. The predicted octanol–water partition coefficient (Wildman–Crippen LogP) is 1.31. The summed E-state index contributed by atoms with van der Waals surface area (Å²) < 4.78 is 5.03. The van der Waals surface area contributed by atoms with Gasteiger partial charge < -0.3 is 15.4 Å². The molecule has 18 heavy (non-hydrogen) atoms. The van der Waals surface area contributed by atoms with E-state index in [1.54, 1.807) is 7.11 Å². The molecule has 1 aromatic carbocycles. The molecule has 1 heterocycles. The molecule has 0 aliphatic carbocycles. The standard InChI is InChI=1S/C14H20N2O2/c1-18-10-11-4-6-12(7-5-11)14(17)16-9-13-3-2-8-15-13/h4-7,13,15H,2-3,8-10H2,1H3,(H,16,17). The van der Waals surface area contributed by atoms with Gasteiger partial charge in [0.15, 0.2) is 0 Å². The third-order valence-corrected chi connectivity index (χ3v) is 3.20. The first kappa shape index (κ1) is 13.1. The summed E-state index contributed by atoms with van der Waals surface area (Å²) in [6.45, 7) is 2.35. The molecule has 1 aliphatic heterocycles. The molecule has 4 heteroatoms. The number of hydrogen-bond donors (Lipinski definition) is 2. The quantitative estimate of drug-likeness (QED) is 0.826. The summed E-state index contributed by atoms with van der Waals surface area (Å²) in [5.74, 6) is -0.00679. The minimum atomic E-state index is -0.00679. The average molecular weight is 248 g/mol. The number of rotatable bonds is 5. The second-order valence-corrected chi connectivity index (χ2v) is 4.63. The summed E-state index contributed by atoms with van der Waals surface area (Å²) in [7, 11) is 1.66. The molecule has 1 unspecified atom stereocenters. The van der Waals surface area contributed by atoms with Crippen LogP contribution in [0.4, 0.5) is 0 Å². The smallest absolute Gasteiger partial charge is 0.251 e. The predicted molar refractivity (Wildman–Crippen MR) is 70.5 cm³/mol. The monoisotopic (exact) mass is 248 g/mol. The minimum Gasteiger partial charge on any atom is -0.380 e.